The van der Waals surface area contributed by atoms with Crippen molar-refractivity contribution in [1.82, 2.24) is 10.2 Å². The number of nitrogens with zero attached hydrogens (tertiary/aromatic N) is 1. The number of likely N-dealkylation sites (tertiary alicyclic amines) is 1. The molecule has 5 heteroatoms. The Bertz CT molecular complexity index is 450. The number of carbonyl (C=O) groups excluding carboxylic acids is 1. The zero-order valence-corrected chi connectivity index (χ0v) is 11.8. The van der Waals surface area contributed by atoms with Crippen molar-refractivity contribution >= 4 is 6.03 Å². The van der Waals surface area contributed by atoms with E-state index in [1.165, 1.54) is 0 Å². The molecule has 0 radical (unpaired) electrons. The van der Waals surface area contributed by atoms with Gasteiger partial charge in [0.05, 0.1) is 7.11 Å². The summed E-state index contributed by atoms with van der Waals surface area (Å²) in [5.74, 6) is 1.00. The molecule has 1 fully saturated rings. The normalized spacial score (nSPS) is 18.7. The highest BCUT2D eigenvalue weighted by Gasteiger charge is 2.22. The summed E-state index contributed by atoms with van der Waals surface area (Å²) >= 11 is 0. The first-order chi connectivity index (χ1) is 9.72. The molecule has 1 atom stereocenters. The van der Waals surface area contributed by atoms with Gasteiger partial charge in [0.2, 0.25) is 0 Å². The average Bonchev–Trinajstić information content (AvgIpc) is 2.52. The van der Waals surface area contributed by atoms with Gasteiger partial charge in [0, 0.05) is 26.2 Å². The maximum atomic E-state index is 12.1. The van der Waals surface area contributed by atoms with Gasteiger partial charge in [-0.25, -0.2) is 4.79 Å². The molecule has 2 N–H and O–H groups in total. The fourth-order valence-electron chi connectivity index (χ4n) is 2.47. The van der Waals surface area contributed by atoms with E-state index in [0.717, 1.165) is 30.7 Å². The van der Waals surface area contributed by atoms with Crippen LogP contribution in [0.3, 0.4) is 0 Å². The number of nitrogens with one attached hydrogen (secondary N) is 1. The van der Waals surface area contributed by atoms with E-state index in [9.17, 15) is 9.90 Å². The lowest BCUT2D eigenvalue weighted by molar-refractivity contribution is 0.129. The molecule has 20 heavy (non-hydrogen) atoms. The molecule has 1 aromatic rings. The van der Waals surface area contributed by atoms with Crippen LogP contribution in [0.15, 0.2) is 24.3 Å². The molecule has 0 spiro atoms. The Morgan fingerprint density at radius 3 is 3.15 bits per heavy atom. The third kappa shape index (κ3) is 3.87. The van der Waals surface area contributed by atoms with E-state index in [4.69, 9.17) is 4.74 Å². The Balaban J connectivity index is 1.85. The summed E-state index contributed by atoms with van der Waals surface area (Å²) in [5, 5.41) is 12.1. The first-order valence-corrected chi connectivity index (χ1v) is 6.99. The van der Waals surface area contributed by atoms with Gasteiger partial charge in [-0.3, -0.25) is 0 Å². The van der Waals surface area contributed by atoms with Crippen LogP contribution in [0.2, 0.25) is 0 Å². The van der Waals surface area contributed by atoms with Crippen molar-refractivity contribution in [2.75, 3.05) is 26.8 Å². The van der Waals surface area contributed by atoms with Gasteiger partial charge in [0.1, 0.15) is 5.75 Å². The quantitative estimate of drug-likeness (QED) is 0.879. The molecule has 0 aromatic heterocycles. The molecule has 0 saturated carbocycles. The number of hydrogen-bond acceptors (Lipinski definition) is 3. The van der Waals surface area contributed by atoms with Crippen LogP contribution in [0.1, 0.15) is 18.4 Å². The monoisotopic (exact) mass is 278 g/mol. The number of amides is 2. The van der Waals surface area contributed by atoms with Gasteiger partial charge < -0.3 is 20.1 Å². The van der Waals surface area contributed by atoms with Crippen molar-refractivity contribution in [3.8, 4) is 5.75 Å². The Kier molecular flexibility index (Phi) is 5.24. The third-order valence-corrected chi connectivity index (χ3v) is 3.64. The van der Waals surface area contributed by atoms with E-state index < -0.39 is 0 Å². The highest BCUT2D eigenvalue weighted by atomic mass is 16.5. The number of benzene rings is 1. The molecule has 110 valence electrons. The van der Waals surface area contributed by atoms with Crippen molar-refractivity contribution in [2.24, 2.45) is 5.92 Å². The highest BCUT2D eigenvalue weighted by molar-refractivity contribution is 5.74. The Hall–Kier alpha value is -1.75. The van der Waals surface area contributed by atoms with Gasteiger partial charge in [-0.2, -0.15) is 0 Å². The maximum Gasteiger partial charge on any atom is 0.317 e. The lowest BCUT2D eigenvalue weighted by atomic mass is 9.99. The van der Waals surface area contributed by atoms with Gasteiger partial charge >= 0.3 is 6.03 Å². The maximum absolute atomic E-state index is 12.1. The second-order valence-corrected chi connectivity index (χ2v) is 5.15. The molecular formula is C15H22N2O3. The smallest absolute Gasteiger partial charge is 0.317 e. The zero-order valence-electron chi connectivity index (χ0n) is 11.8. The SMILES string of the molecule is COc1cccc(CNC(=O)N2CCCC(CO)C2)c1. The summed E-state index contributed by atoms with van der Waals surface area (Å²) in [4.78, 5) is 13.9. The number of ether oxygens (including phenoxy) is 1. The molecule has 1 aromatic carbocycles. The second-order valence-electron chi connectivity index (χ2n) is 5.15. The van der Waals surface area contributed by atoms with Crippen molar-refractivity contribution < 1.29 is 14.6 Å². The lowest BCUT2D eigenvalue weighted by Gasteiger charge is -2.31. The molecule has 1 aliphatic rings. The lowest BCUT2D eigenvalue weighted by Crippen LogP contribution is -2.45. The number of hydrogen-bond donors (Lipinski definition) is 2. The van der Waals surface area contributed by atoms with Crippen molar-refractivity contribution in [3.63, 3.8) is 0 Å². The van der Waals surface area contributed by atoms with Crippen LogP contribution in [-0.4, -0.2) is 42.8 Å². The first-order valence-electron chi connectivity index (χ1n) is 6.99. The second kappa shape index (κ2) is 7.14. The molecule has 5 nitrogen and oxygen atoms in total. The summed E-state index contributed by atoms with van der Waals surface area (Å²) < 4.78 is 5.16. The van der Waals surface area contributed by atoms with Gasteiger partial charge in [-0.15, -0.1) is 0 Å². The number of piperidine rings is 1. The number of rotatable bonds is 4. The summed E-state index contributed by atoms with van der Waals surface area (Å²) in [7, 11) is 1.63. The predicted octanol–water partition coefficient (Wildman–Crippen LogP) is 1.61. The molecule has 1 saturated heterocycles. The largest absolute Gasteiger partial charge is 0.497 e. The molecule has 1 heterocycles. The molecule has 2 rings (SSSR count). The Labute approximate surface area is 119 Å². The highest BCUT2D eigenvalue weighted by Crippen LogP contribution is 2.16. The van der Waals surface area contributed by atoms with E-state index in [0.29, 0.717) is 13.1 Å². The van der Waals surface area contributed by atoms with E-state index >= 15 is 0 Å². The van der Waals surface area contributed by atoms with Crippen LogP contribution >= 0.6 is 0 Å². The van der Waals surface area contributed by atoms with Crippen LogP contribution in [0.25, 0.3) is 0 Å². The van der Waals surface area contributed by atoms with Crippen LogP contribution < -0.4 is 10.1 Å². The van der Waals surface area contributed by atoms with Gasteiger partial charge in [0.15, 0.2) is 0 Å². The molecule has 0 aliphatic carbocycles. The summed E-state index contributed by atoms with van der Waals surface area (Å²) in [6.45, 7) is 2.04. The summed E-state index contributed by atoms with van der Waals surface area (Å²) in [5.41, 5.74) is 1.01. The van der Waals surface area contributed by atoms with Crippen LogP contribution in [0.5, 0.6) is 5.75 Å². The van der Waals surface area contributed by atoms with E-state index in [2.05, 4.69) is 5.32 Å². The van der Waals surface area contributed by atoms with Crippen LogP contribution in [0.4, 0.5) is 4.79 Å². The summed E-state index contributed by atoms with van der Waals surface area (Å²) in [6, 6.07) is 7.58. The zero-order chi connectivity index (χ0) is 14.4. The number of aliphatic hydroxyl groups excluding tert-OH is 1. The van der Waals surface area contributed by atoms with Crippen molar-refractivity contribution in [2.45, 2.75) is 19.4 Å². The van der Waals surface area contributed by atoms with Gasteiger partial charge in [-0.05, 0) is 36.5 Å². The topological polar surface area (TPSA) is 61.8 Å². The fourth-order valence-corrected chi connectivity index (χ4v) is 2.47. The Morgan fingerprint density at radius 1 is 1.55 bits per heavy atom. The number of methoxy groups -OCH3 is 1. The fraction of sp³-hybridized carbons (Fsp3) is 0.533. The van der Waals surface area contributed by atoms with Gasteiger partial charge in [0.25, 0.3) is 0 Å². The minimum atomic E-state index is -0.0639. The molecule has 2 amide bonds. The molecule has 1 aliphatic heterocycles. The Morgan fingerprint density at radius 2 is 2.40 bits per heavy atom. The summed E-state index contributed by atoms with van der Waals surface area (Å²) in [6.07, 6.45) is 1.95. The standard InChI is InChI=1S/C15H22N2O3/c1-20-14-6-2-4-12(8-14)9-16-15(19)17-7-3-5-13(10-17)11-18/h2,4,6,8,13,18H,3,5,7,9-11H2,1H3,(H,16,19). The van der Waals surface area contributed by atoms with Crippen LogP contribution in [0, 0.1) is 5.92 Å². The third-order valence-electron chi connectivity index (χ3n) is 3.64. The number of aliphatic hydroxyl groups is 1. The van der Waals surface area contributed by atoms with Gasteiger partial charge in [-0.1, -0.05) is 12.1 Å². The number of carbonyl (C=O) groups is 1. The van der Waals surface area contributed by atoms with Crippen molar-refractivity contribution in [1.29, 1.82) is 0 Å². The molecule has 0 bridgehead atoms. The average molecular weight is 278 g/mol. The minimum Gasteiger partial charge on any atom is -0.497 e. The first kappa shape index (κ1) is 14.7. The van der Waals surface area contributed by atoms with Crippen LogP contribution in [-0.2, 0) is 6.54 Å². The number of urea groups is 1. The predicted molar refractivity (Wildman–Crippen MR) is 76.6 cm³/mol. The molecule has 1 unspecified atom stereocenters. The molecular weight excluding hydrogens is 256 g/mol. The van der Waals surface area contributed by atoms with Crippen molar-refractivity contribution in [3.05, 3.63) is 29.8 Å². The minimum absolute atomic E-state index is 0.0639. The van der Waals surface area contributed by atoms with E-state index in [-0.39, 0.29) is 18.6 Å². The van der Waals surface area contributed by atoms with E-state index in [1.807, 2.05) is 24.3 Å². The van der Waals surface area contributed by atoms with E-state index in [1.54, 1.807) is 12.0 Å².